The molecule has 10 heteroatoms. The third-order valence-electron chi connectivity index (χ3n) is 6.34. The van der Waals surface area contributed by atoms with Crippen LogP contribution in [0.5, 0.6) is 17.2 Å². The Morgan fingerprint density at radius 3 is 2.65 bits per heavy atom. The summed E-state index contributed by atoms with van der Waals surface area (Å²) in [5.74, 6) is -0.342. The van der Waals surface area contributed by atoms with Crippen LogP contribution in [-0.4, -0.2) is 75.0 Å². The van der Waals surface area contributed by atoms with Gasteiger partial charge in [-0.2, -0.15) is 0 Å². The molecule has 1 atom stereocenters. The molecule has 1 fully saturated rings. The van der Waals surface area contributed by atoms with Crippen LogP contribution in [0.1, 0.15) is 30.1 Å². The van der Waals surface area contributed by atoms with E-state index in [0.717, 1.165) is 0 Å². The summed E-state index contributed by atoms with van der Waals surface area (Å²) in [4.78, 5) is 53.8. The van der Waals surface area contributed by atoms with Crippen molar-refractivity contribution in [2.45, 2.75) is 19.8 Å². The smallest absolute Gasteiger partial charge is 0.310 e. The number of carbonyl (C=O) groups excluding carboxylic acids is 4. The number of hydrogen-bond donors (Lipinski definition) is 0. The first-order valence-corrected chi connectivity index (χ1v) is 12.2. The Morgan fingerprint density at radius 1 is 1.11 bits per heavy atom. The molecule has 4 rings (SSSR count). The summed E-state index contributed by atoms with van der Waals surface area (Å²) in [6.07, 6.45) is 1.33. The molecule has 2 aliphatic heterocycles. The number of piperidine rings is 1. The lowest BCUT2D eigenvalue weighted by molar-refractivity contribution is -0.151. The Labute approximate surface area is 215 Å². The lowest BCUT2D eigenvalue weighted by Gasteiger charge is -2.34. The van der Waals surface area contributed by atoms with Gasteiger partial charge in [-0.05, 0) is 50.1 Å². The van der Waals surface area contributed by atoms with Gasteiger partial charge in [-0.25, -0.2) is 0 Å². The minimum Gasteiger partial charge on any atom is -0.493 e. The number of rotatable bonds is 9. The van der Waals surface area contributed by atoms with Crippen molar-refractivity contribution in [2.75, 3.05) is 51.5 Å². The maximum absolute atomic E-state index is 13.1. The van der Waals surface area contributed by atoms with Crippen molar-refractivity contribution >= 4 is 29.3 Å². The molecule has 0 aromatic heterocycles. The summed E-state index contributed by atoms with van der Waals surface area (Å²) in [5.41, 5.74) is 0.649. The maximum atomic E-state index is 13.1. The number of para-hydroxylation sites is 2. The average Bonchev–Trinajstić information content (AvgIpc) is 2.93. The number of hydrogen-bond acceptors (Lipinski definition) is 8. The van der Waals surface area contributed by atoms with E-state index in [1.807, 2.05) is 0 Å². The molecule has 2 amide bonds. The molecule has 0 N–H and O–H groups in total. The number of esters is 1. The van der Waals surface area contributed by atoms with Gasteiger partial charge in [-0.3, -0.25) is 24.1 Å². The number of benzene rings is 2. The molecule has 2 aromatic rings. The van der Waals surface area contributed by atoms with Crippen molar-refractivity contribution in [1.82, 2.24) is 4.90 Å². The molecule has 1 saturated heterocycles. The highest BCUT2D eigenvalue weighted by Gasteiger charge is 2.33. The van der Waals surface area contributed by atoms with Gasteiger partial charge in [0.1, 0.15) is 12.3 Å². The third-order valence-corrected chi connectivity index (χ3v) is 6.34. The molecule has 10 nitrogen and oxygen atoms in total. The van der Waals surface area contributed by atoms with Gasteiger partial charge in [-0.1, -0.05) is 12.1 Å². The number of ether oxygens (including phenoxy) is 4. The standard InChI is InChI=1S/C27H30N2O8/c1-3-35-27(33)19-7-6-12-28(14-19)25(31)15-29-20-13-18(10-11-22(20)37-17-26(29)32)21(30)16-36-24-9-5-4-8-23(24)34-2/h4-5,8-11,13,19H,3,6-7,12,14-17H2,1-2H3/t19-/m0/s1. The van der Waals surface area contributed by atoms with Crippen LogP contribution in [0.25, 0.3) is 0 Å². The van der Waals surface area contributed by atoms with Gasteiger partial charge in [0.2, 0.25) is 5.91 Å². The molecule has 2 heterocycles. The van der Waals surface area contributed by atoms with E-state index >= 15 is 0 Å². The number of amides is 2. The van der Waals surface area contributed by atoms with Crippen molar-refractivity contribution in [1.29, 1.82) is 0 Å². The Hall–Kier alpha value is -4.08. The number of carbonyl (C=O) groups is 4. The van der Waals surface area contributed by atoms with Gasteiger partial charge in [0.25, 0.3) is 5.91 Å². The molecule has 2 aromatic carbocycles. The van der Waals surface area contributed by atoms with Gasteiger partial charge < -0.3 is 23.8 Å². The summed E-state index contributed by atoms with van der Waals surface area (Å²) in [7, 11) is 1.52. The summed E-state index contributed by atoms with van der Waals surface area (Å²) in [6.45, 7) is 2.11. The van der Waals surface area contributed by atoms with Crippen molar-refractivity contribution < 1.29 is 38.1 Å². The Morgan fingerprint density at radius 2 is 1.89 bits per heavy atom. The normalized spacial score (nSPS) is 16.9. The molecule has 0 radical (unpaired) electrons. The Kier molecular flexibility index (Phi) is 8.27. The van der Waals surface area contributed by atoms with Crippen LogP contribution in [0, 0.1) is 5.92 Å². The van der Waals surface area contributed by atoms with Crippen LogP contribution in [0.2, 0.25) is 0 Å². The zero-order chi connectivity index (χ0) is 26.4. The number of methoxy groups -OCH3 is 1. The van der Waals surface area contributed by atoms with E-state index in [4.69, 9.17) is 18.9 Å². The number of fused-ring (bicyclic) bond motifs is 1. The summed E-state index contributed by atoms with van der Waals surface area (Å²) < 4.78 is 21.5. The molecule has 37 heavy (non-hydrogen) atoms. The van der Waals surface area contributed by atoms with Crippen molar-refractivity contribution in [3.05, 3.63) is 48.0 Å². The highest BCUT2D eigenvalue weighted by atomic mass is 16.5. The molecule has 0 unspecified atom stereocenters. The summed E-state index contributed by atoms with van der Waals surface area (Å²) >= 11 is 0. The van der Waals surface area contributed by atoms with Gasteiger partial charge in [-0.15, -0.1) is 0 Å². The second-order valence-corrected chi connectivity index (χ2v) is 8.74. The SMILES string of the molecule is CCOC(=O)[C@H]1CCCN(C(=O)CN2C(=O)COc3ccc(C(=O)COc4ccccc4OC)cc32)C1. The Bertz CT molecular complexity index is 1180. The van der Waals surface area contributed by atoms with Gasteiger partial charge >= 0.3 is 5.97 Å². The number of anilines is 1. The zero-order valence-corrected chi connectivity index (χ0v) is 20.9. The predicted octanol–water partition coefficient (Wildman–Crippen LogP) is 2.48. The molecule has 0 spiro atoms. The first kappa shape index (κ1) is 26.0. The molecular formula is C27H30N2O8. The number of nitrogens with zero attached hydrogens (tertiary/aromatic N) is 2. The molecule has 2 aliphatic rings. The van der Waals surface area contributed by atoms with E-state index in [2.05, 4.69) is 0 Å². The summed E-state index contributed by atoms with van der Waals surface area (Å²) in [5, 5.41) is 0. The van der Waals surface area contributed by atoms with Crippen LogP contribution in [-0.2, 0) is 19.1 Å². The van der Waals surface area contributed by atoms with Gasteiger partial charge in [0.15, 0.2) is 30.5 Å². The molecular weight excluding hydrogens is 480 g/mol. The predicted molar refractivity (Wildman–Crippen MR) is 133 cm³/mol. The van der Waals surface area contributed by atoms with Gasteiger partial charge in [0, 0.05) is 18.7 Å². The van der Waals surface area contributed by atoms with Crippen LogP contribution in [0.3, 0.4) is 0 Å². The van der Waals surface area contributed by atoms with E-state index in [1.165, 1.54) is 18.1 Å². The number of ketones is 1. The zero-order valence-electron chi connectivity index (χ0n) is 20.9. The lowest BCUT2D eigenvalue weighted by atomic mass is 9.98. The fraction of sp³-hybridized carbons (Fsp3) is 0.407. The van der Waals surface area contributed by atoms with Crippen LogP contribution < -0.4 is 19.1 Å². The number of Topliss-reactive ketones (excluding diaryl/α,β-unsaturated/α-hetero) is 1. The minimum absolute atomic E-state index is 0.212. The minimum atomic E-state index is -0.394. The van der Waals surface area contributed by atoms with E-state index in [0.29, 0.717) is 47.9 Å². The van der Waals surface area contributed by atoms with E-state index in [1.54, 1.807) is 48.2 Å². The first-order valence-electron chi connectivity index (χ1n) is 12.2. The second kappa shape index (κ2) is 11.8. The fourth-order valence-corrected chi connectivity index (χ4v) is 4.41. The second-order valence-electron chi connectivity index (χ2n) is 8.74. The maximum Gasteiger partial charge on any atom is 0.310 e. The topological polar surface area (TPSA) is 112 Å². The molecule has 0 saturated carbocycles. The van der Waals surface area contributed by atoms with Crippen LogP contribution in [0.15, 0.2) is 42.5 Å². The quantitative estimate of drug-likeness (QED) is 0.374. The van der Waals surface area contributed by atoms with E-state index in [9.17, 15) is 19.2 Å². The number of likely N-dealkylation sites (tertiary alicyclic amines) is 1. The third kappa shape index (κ3) is 6.02. The lowest BCUT2D eigenvalue weighted by Crippen LogP contribution is -2.49. The molecule has 0 bridgehead atoms. The summed E-state index contributed by atoms with van der Waals surface area (Å²) in [6, 6.07) is 11.7. The average molecular weight is 511 g/mol. The van der Waals surface area contributed by atoms with Gasteiger partial charge in [0.05, 0.1) is 25.3 Å². The highest BCUT2D eigenvalue weighted by molar-refractivity contribution is 6.04. The van der Waals surface area contributed by atoms with E-state index < -0.39 is 5.91 Å². The van der Waals surface area contributed by atoms with Crippen molar-refractivity contribution in [2.24, 2.45) is 5.92 Å². The van der Waals surface area contributed by atoms with Crippen molar-refractivity contribution in [3.8, 4) is 17.2 Å². The first-order chi connectivity index (χ1) is 17.9. The molecule has 0 aliphatic carbocycles. The fourth-order valence-electron chi connectivity index (χ4n) is 4.41. The molecule has 196 valence electrons. The monoisotopic (exact) mass is 510 g/mol. The highest BCUT2D eigenvalue weighted by Crippen LogP contribution is 2.34. The van der Waals surface area contributed by atoms with Crippen molar-refractivity contribution in [3.63, 3.8) is 0 Å². The van der Waals surface area contributed by atoms with E-state index in [-0.39, 0.29) is 56.5 Å². The van der Waals surface area contributed by atoms with Crippen LogP contribution in [0.4, 0.5) is 5.69 Å². The largest absolute Gasteiger partial charge is 0.493 e. The Balaban J connectivity index is 1.46. The van der Waals surface area contributed by atoms with Crippen LogP contribution >= 0.6 is 0 Å².